The molecule has 4 unspecified atom stereocenters. The normalized spacial score (nSPS) is 29.6. The van der Waals surface area contributed by atoms with Gasteiger partial charge in [-0.2, -0.15) is 0 Å². The summed E-state index contributed by atoms with van der Waals surface area (Å²) in [5, 5.41) is 42.9. The van der Waals surface area contributed by atoms with Crippen LogP contribution in [-0.4, -0.2) is 147 Å². The van der Waals surface area contributed by atoms with Gasteiger partial charge in [0.1, 0.15) is 47.7 Å². The molecule has 4 aromatic rings. The first kappa shape index (κ1) is 44.3. The number of aromatic nitrogens is 8. The SMILES string of the molecule is CSc1nc(N)c2ncn([C@H]3O[C@@H](COP(=O)(O)OP(=O)(O)CP(=O)(O)OP(=O)(O)OC[C@@H]4O[C@H](n5cnc6c(N)nc(SC)nc65)[C@@H](O)[C@H]4O)[C@H](O)[C@@H]3O)c2n1. The molecule has 2 fully saturated rings. The Kier molecular flexibility index (Phi) is 13.0. The second kappa shape index (κ2) is 16.7. The van der Waals surface area contributed by atoms with E-state index in [1.54, 1.807) is 12.5 Å². The number of aliphatic hydroxyl groups is 4. The Balaban J connectivity index is 1.02. The minimum atomic E-state index is -5.71. The minimum Gasteiger partial charge on any atom is -0.387 e. The smallest absolute Gasteiger partial charge is 0.387 e. The van der Waals surface area contributed by atoms with Gasteiger partial charge in [-0.15, -0.1) is 0 Å². The Morgan fingerprint density at radius 2 is 1.04 bits per heavy atom. The zero-order valence-corrected chi connectivity index (χ0v) is 34.1. The van der Waals surface area contributed by atoms with E-state index in [-0.39, 0.29) is 44.3 Å². The van der Waals surface area contributed by atoms with Crippen LogP contribution in [0.2, 0.25) is 0 Å². The first-order valence-corrected chi connectivity index (χ1v) is 24.6. The lowest BCUT2D eigenvalue weighted by Crippen LogP contribution is -2.33. The van der Waals surface area contributed by atoms with Gasteiger partial charge in [-0.1, -0.05) is 23.5 Å². The fourth-order valence-electron chi connectivity index (χ4n) is 5.57. The average molecular weight is 927 g/mol. The molecule has 2 aliphatic rings. The highest BCUT2D eigenvalue weighted by molar-refractivity contribution is 7.98. The molecular weight excluding hydrogens is 892 g/mol. The van der Waals surface area contributed by atoms with Gasteiger partial charge >= 0.3 is 30.8 Å². The predicted molar refractivity (Wildman–Crippen MR) is 193 cm³/mol. The lowest BCUT2D eigenvalue weighted by molar-refractivity contribution is -0.0502. The maximum Gasteiger partial charge on any atom is 0.479 e. The zero-order valence-electron chi connectivity index (χ0n) is 28.9. The number of nitrogens with two attached hydrogens (primary N) is 2. The van der Waals surface area contributed by atoms with E-state index < -0.39 is 99.0 Å². The molecule has 28 nitrogen and oxygen atoms in total. The van der Waals surface area contributed by atoms with Crippen molar-refractivity contribution in [3.8, 4) is 0 Å². The fraction of sp³-hybridized carbons (Fsp3) is 0.565. The predicted octanol–water partition coefficient (Wildman–Crippen LogP) is -0.892. The van der Waals surface area contributed by atoms with Crippen molar-refractivity contribution >= 4 is 88.3 Å². The molecule has 2 saturated heterocycles. The van der Waals surface area contributed by atoms with Crippen molar-refractivity contribution in [3.05, 3.63) is 12.7 Å². The van der Waals surface area contributed by atoms with Gasteiger partial charge in [0.05, 0.1) is 25.9 Å². The van der Waals surface area contributed by atoms with Gasteiger partial charge in [0, 0.05) is 0 Å². The molecule has 0 aliphatic carbocycles. The summed E-state index contributed by atoms with van der Waals surface area (Å²) >= 11 is 2.30. The third kappa shape index (κ3) is 9.71. The number of anilines is 2. The maximum atomic E-state index is 12.6. The van der Waals surface area contributed by atoms with Crippen LogP contribution in [0.15, 0.2) is 23.0 Å². The number of thioether (sulfide) groups is 2. The molecule has 4 aromatic heterocycles. The maximum absolute atomic E-state index is 12.6. The van der Waals surface area contributed by atoms with E-state index in [2.05, 4.69) is 47.6 Å². The average Bonchev–Trinajstić information content (AvgIpc) is 3.86. The van der Waals surface area contributed by atoms with Crippen molar-refractivity contribution < 1.29 is 85.4 Å². The number of ether oxygens (including phenoxy) is 2. The number of imidazole rings is 2. The molecular formula is C23H34N10O18P4S2. The fourth-order valence-corrected chi connectivity index (χ4v) is 13.1. The molecule has 0 aromatic carbocycles. The summed E-state index contributed by atoms with van der Waals surface area (Å²) in [5.74, 6) is -2.03. The summed E-state index contributed by atoms with van der Waals surface area (Å²) in [5.41, 5.74) is 12.3. The van der Waals surface area contributed by atoms with Crippen LogP contribution in [0, 0.1) is 0 Å². The lowest BCUT2D eigenvalue weighted by Gasteiger charge is -2.22. The van der Waals surface area contributed by atoms with Gasteiger partial charge in [0.2, 0.25) is 0 Å². The van der Waals surface area contributed by atoms with Crippen LogP contribution in [0.4, 0.5) is 11.6 Å². The summed E-state index contributed by atoms with van der Waals surface area (Å²) in [4.78, 5) is 65.3. The Morgan fingerprint density at radius 1 is 0.667 bits per heavy atom. The van der Waals surface area contributed by atoms with Crippen molar-refractivity contribution in [2.45, 2.75) is 59.4 Å². The van der Waals surface area contributed by atoms with Crippen LogP contribution in [0.1, 0.15) is 12.5 Å². The Bertz CT molecular complexity index is 2190. The van der Waals surface area contributed by atoms with E-state index >= 15 is 0 Å². The number of phosphoric acid groups is 2. The lowest BCUT2D eigenvalue weighted by atomic mass is 10.1. The topological polar surface area (TPSA) is 425 Å². The number of rotatable bonds is 16. The molecule has 0 bridgehead atoms. The highest BCUT2D eigenvalue weighted by atomic mass is 32.2. The van der Waals surface area contributed by atoms with Crippen molar-refractivity contribution in [2.24, 2.45) is 0 Å². The largest absolute Gasteiger partial charge is 0.479 e. The minimum absolute atomic E-state index is 0.0107. The summed E-state index contributed by atoms with van der Waals surface area (Å²) in [7, 11) is -22.7. The first-order valence-electron chi connectivity index (χ1n) is 15.7. The number of hydrogen-bond donors (Lipinski definition) is 10. The standard InChI is InChI=1S/C23H34N10O18P4S2/c1-56-22-28-16(24)10-18(30-22)32(5-26-10)20-14(36)12(34)8(48-20)3-46-54(42,43)50-52(38,39)7-53(40,41)51-55(44,45)47-4-9-13(35)15(37)21(49-9)33-6-27-11-17(25)29-23(57-2)31-19(11)33/h5-6,8-9,12-15,20-21,34-37H,3-4,7H2,1-2H3,(H,38,39)(H,40,41)(H,42,43)(H,44,45)(H2,24,28,30)(H2,25,29,31)/t8-,9-,12-,13-,14-,15-,20-,21-/m0/s1. The number of aliphatic hydroxyl groups excluding tert-OH is 4. The van der Waals surface area contributed by atoms with Crippen LogP contribution >= 0.6 is 54.4 Å². The zero-order chi connectivity index (χ0) is 41.8. The molecule has 57 heavy (non-hydrogen) atoms. The Morgan fingerprint density at radius 3 is 1.39 bits per heavy atom. The molecule has 0 saturated carbocycles. The Labute approximate surface area is 327 Å². The number of nitrogen functional groups attached to an aromatic ring is 2. The van der Waals surface area contributed by atoms with Crippen molar-refractivity contribution in [1.29, 1.82) is 0 Å². The monoisotopic (exact) mass is 926 g/mol. The van der Waals surface area contributed by atoms with E-state index in [9.17, 15) is 58.3 Å². The molecule has 6 rings (SSSR count). The van der Waals surface area contributed by atoms with Crippen molar-refractivity contribution in [2.75, 3.05) is 43.1 Å². The van der Waals surface area contributed by atoms with Crippen LogP contribution in [0.5, 0.6) is 0 Å². The van der Waals surface area contributed by atoms with Crippen molar-refractivity contribution in [3.63, 3.8) is 0 Å². The molecule has 0 amide bonds. The van der Waals surface area contributed by atoms with E-state index in [4.69, 9.17) is 20.9 Å². The summed E-state index contributed by atoms with van der Waals surface area (Å²) in [6.07, 6.45) is -7.18. The molecule has 12 atom stereocenters. The van der Waals surface area contributed by atoms with Crippen LogP contribution in [0.3, 0.4) is 0 Å². The summed E-state index contributed by atoms with van der Waals surface area (Å²) in [6, 6.07) is 0. The number of phosphoric ester groups is 2. The van der Waals surface area contributed by atoms with Crippen molar-refractivity contribution in [1.82, 2.24) is 39.0 Å². The molecule has 2 aliphatic heterocycles. The second-order valence-corrected chi connectivity index (χ2v) is 21.0. The highest BCUT2D eigenvalue weighted by Gasteiger charge is 2.49. The number of fused-ring (bicyclic) bond motifs is 2. The van der Waals surface area contributed by atoms with E-state index in [0.29, 0.717) is 0 Å². The molecule has 0 spiro atoms. The van der Waals surface area contributed by atoms with Gasteiger partial charge in [-0.3, -0.25) is 27.3 Å². The molecule has 316 valence electrons. The van der Waals surface area contributed by atoms with E-state index in [1.807, 2.05) is 0 Å². The third-order valence-electron chi connectivity index (χ3n) is 8.07. The summed E-state index contributed by atoms with van der Waals surface area (Å²) in [6.45, 7) is -2.12. The first-order chi connectivity index (χ1) is 26.5. The molecule has 12 N–H and O–H groups in total. The van der Waals surface area contributed by atoms with Gasteiger partial charge in [0.15, 0.2) is 51.6 Å². The van der Waals surface area contributed by atoms with E-state index in [1.165, 1.54) is 21.8 Å². The molecule has 0 radical (unpaired) electrons. The van der Waals surface area contributed by atoms with Gasteiger partial charge in [-0.25, -0.2) is 47.7 Å². The number of hydrogen-bond acceptors (Lipinski definition) is 24. The third-order valence-corrected chi connectivity index (χ3v) is 16.7. The number of nitrogens with zero attached hydrogens (tertiary/aromatic N) is 8. The van der Waals surface area contributed by atoms with Gasteiger partial charge < -0.3 is 60.9 Å². The quantitative estimate of drug-likeness (QED) is 0.0370. The highest BCUT2D eigenvalue weighted by Crippen LogP contribution is 2.70. The molecule has 34 heteroatoms. The van der Waals surface area contributed by atoms with E-state index in [0.717, 1.165) is 23.5 Å². The second-order valence-electron chi connectivity index (χ2n) is 12.0. The van der Waals surface area contributed by atoms with Crippen LogP contribution in [-0.2, 0) is 45.4 Å². The van der Waals surface area contributed by atoms with Gasteiger partial charge in [0.25, 0.3) is 0 Å². The molecule has 6 heterocycles. The Hall–Kier alpha value is -2.24. The summed E-state index contributed by atoms with van der Waals surface area (Å²) < 4.78 is 81.7. The van der Waals surface area contributed by atoms with Crippen LogP contribution in [0.25, 0.3) is 22.3 Å². The van der Waals surface area contributed by atoms with Crippen LogP contribution < -0.4 is 11.5 Å². The van der Waals surface area contributed by atoms with Gasteiger partial charge in [-0.05, 0) is 12.5 Å².